The van der Waals surface area contributed by atoms with Gasteiger partial charge in [-0.3, -0.25) is 14.6 Å². The third kappa shape index (κ3) is 5.20. The van der Waals surface area contributed by atoms with Gasteiger partial charge in [-0.1, -0.05) is 6.42 Å². The van der Waals surface area contributed by atoms with E-state index in [4.69, 9.17) is 22.3 Å². The average molecular weight is 297 g/mol. The number of hydrogen-bond donors (Lipinski definition) is 6. The number of H-pyrrole nitrogens is 2. The summed E-state index contributed by atoms with van der Waals surface area (Å²) in [6, 6.07) is -0.716. The van der Waals surface area contributed by atoms with Crippen LogP contribution in [-0.4, -0.2) is 43.6 Å². The lowest BCUT2D eigenvalue weighted by molar-refractivity contribution is -0.138. The second-order valence-electron chi connectivity index (χ2n) is 4.28. The number of nitrogens with one attached hydrogen (secondary N) is 2. The van der Waals surface area contributed by atoms with Crippen molar-refractivity contribution in [3.63, 3.8) is 0 Å². The van der Waals surface area contributed by atoms with Gasteiger partial charge in [0.2, 0.25) is 5.95 Å². The van der Waals surface area contributed by atoms with Crippen molar-refractivity contribution in [3.05, 3.63) is 16.7 Å². The standard InChI is InChI=1S/C6H14N2O2.C5H5N5O/c7-4-2-1-3-5(8)6(9)10;6-5-9-3-2(4(11)10-5)7-1-8-3/h5H,1-4,7-8H2,(H,9,10);1H,(H4,6,7,8,9,10,11)/t5-;/m0./s1. The van der Waals surface area contributed by atoms with Crippen LogP contribution in [0.15, 0.2) is 11.1 Å². The molecule has 0 saturated heterocycles. The van der Waals surface area contributed by atoms with E-state index in [1.165, 1.54) is 6.33 Å². The number of carboxylic acid groups (broad SMARTS) is 1. The van der Waals surface area contributed by atoms with Crippen LogP contribution in [0.4, 0.5) is 5.95 Å². The van der Waals surface area contributed by atoms with Crippen LogP contribution in [-0.2, 0) is 4.79 Å². The lowest BCUT2D eigenvalue weighted by Crippen LogP contribution is -2.29. The molecule has 1 atom stereocenters. The lowest BCUT2D eigenvalue weighted by atomic mass is 10.1. The second kappa shape index (κ2) is 7.97. The van der Waals surface area contributed by atoms with Gasteiger partial charge in [0.05, 0.1) is 6.33 Å². The molecule has 2 aromatic rings. The first kappa shape index (κ1) is 16.6. The average Bonchev–Trinajstić information content (AvgIpc) is 2.88. The van der Waals surface area contributed by atoms with Gasteiger partial charge in [-0.05, 0) is 19.4 Å². The van der Waals surface area contributed by atoms with Crippen LogP contribution in [0.3, 0.4) is 0 Å². The second-order valence-corrected chi connectivity index (χ2v) is 4.28. The molecule has 0 aliphatic carbocycles. The first-order chi connectivity index (χ1) is 9.95. The summed E-state index contributed by atoms with van der Waals surface area (Å²) >= 11 is 0. The normalized spacial score (nSPS) is 11.7. The zero-order valence-electron chi connectivity index (χ0n) is 11.4. The summed E-state index contributed by atoms with van der Waals surface area (Å²) in [6.45, 7) is 0.604. The van der Waals surface area contributed by atoms with E-state index < -0.39 is 12.0 Å². The van der Waals surface area contributed by atoms with Gasteiger partial charge < -0.3 is 27.3 Å². The molecule has 0 bridgehead atoms. The van der Waals surface area contributed by atoms with Crippen LogP contribution < -0.4 is 22.8 Å². The van der Waals surface area contributed by atoms with Crippen molar-refractivity contribution in [2.24, 2.45) is 11.5 Å². The molecule has 2 rings (SSSR count). The molecule has 116 valence electrons. The topological polar surface area (TPSA) is 190 Å². The van der Waals surface area contributed by atoms with Crippen LogP contribution in [0.5, 0.6) is 0 Å². The van der Waals surface area contributed by atoms with Gasteiger partial charge in [0, 0.05) is 0 Å². The number of imidazole rings is 1. The predicted octanol–water partition coefficient (Wildman–Crippen LogP) is -1.24. The molecule has 0 saturated carbocycles. The lowest BCUT2D eigenvalue weighted by Gasteiger charge is -2.03. The number of aliphatic carboxylic acids is 1. The maximum absolute atomic E-state index is 11.0. The SMILES string of the molecule is NCCCC[C@H](N)C(=O)O.Nc1nc2nc[nH]c2c(=O)[nH]1. The summed E-state index contributed by atoms with van der Waals surface area (Å²) in [4.78, 5) is 33.7. The number of anilines is 1. The highest BCUT2D eigenvalue weighted by molar-refractivity contribution is 5.72. The van der Waals surface area contributed by atoms with Crippen molar-refractivity contribution in [1.82, 2.24) is 19.9 Å². The molecule has 9 N–H and O–H groups in total. The Hall–Kier alpha value is -2.46. The zero-order valence-corrected chi connectivity index (χ0v) is 11.4. The van der Waals surface area contributed by atoms with Gasteiger partial charge in [0.15, 0.2) is 11.2 Å². The van der Waals surface area contributed by atoms with Gasteiger partial charge in [-0.15, -0.1) is 0 Å². The van der Waals surface area contributed by atoms with Crippen LogP contribution in [0, 0.1) is 0 Å². The molecule has 0 radical (unpaired) electrons. The Morgan fingerprint density at radius 3 is 2.76 bits per heavy atom. The summed E-state index contributed by atoms with van der Waals surface area (Å²) < 4.78 is 0. The van der Waals surface area contributed by atoms with Crippen molar-refractivity contribution in [2.75, 3.05) is 12.3 Å². The van der Waals surface area contributed by atoms with E-state index in [1.807, 2.05) is 0 Å². The molecule has 10 nitrogen and oxygen atoms in total. The van der Waals surface area contributed by atoms with Crippen molar-refractivity contribution in [3.8, 4) is 0 Å². The van der Waals surface area contributed by atoms with Crippen LogP contribution in [0.1, 0.15) is 19.3 Å². The fourth-order valence-electron chi connectivity index (χ4n) is 1.49. The minimum atomic E-state index is -0.933. The number of nitrogen functional groups attached to an aromatic ring is 1. The van der Waals surface area contributed by atoms with Gasteiger partial charge in [0.1, 0.15) is 6.04 Å². The number of fused-ring (bicyclic) bond motifs is 1. The number of hydrogen-bond acceptors (Lipinski definition) is 7. The predicted molar refractivity (Wildman–Crippen MR) is 77.4 cm³/mol. The van der Waals surface area contributed by atoms with E-state index in [2.05, 4.69) is 19.9 Å². The third-order valence-corrected chi connectivity index (χ3v) is 2.60. The highest BCUT2D eigenvalue weighted by atomic mass is 16.4. The highest BCUT2D eigenvalue weighted by Gasteiger charge is 2.09. The first-order valence-corrected chi connectivity index (χ1v) is 6.33. The fourth-order valence-corrected chi connectivity index (χ4v) is 1.49. The molecule has 0 fully saturated rings. The molecule has 0 aliphatic rings. The Morgan fingerprint density at radius 2 is 2.14 bits per heavy atom. The summed E-state index contributed by atoms with van der Waals surface area (Å²) in [5.74, 6) is -0.855. The van der Waals surface area contributed by atoms with E-state index in [0.29, 0.717) is 24.1 Å². The smallest absolute Gasteiger partial charge is 0.320 e. The molecular weight excluding hydrogens is 278 g/mol. The van der Waals surface area contributed by atoms with E-state index in [-0.39, 0.29) is 11.5 Å². The van der Waals surface area contributed by atoms with Gasteiger partial charge in [0.25, 0.3) is 5.56 Å². The minimum Gasteiger partial charge on any atom is -0.480 e. The summed E-state index contributed by atoms with van der Waals surface area (Å²) in [5, 5.41) is 8.33. The minimum absolute atomic E-state index is 0.0783. The maximum Gasteiger partial charge on any atom is 0.320 e. The molecule has 0 aromatic carbocycles. The molecule has 0 spiro atoms. The number of aromatic nitrogens is 4. The Balaban J connectivity index is 0.000000212. The van der Waals surface area contributed by atoms with Crippen molar-refractivity contribution >= 4 is 23.1 Å². The molecule has 0 amide bonds. The van der Waals surface area contributed by atoms with Crippen molar-refractivity contribution in [1.29, 1.82) is 0 Å². The number of nitrogens with zero attached hydrogens (tertiary/aromatic N) is 2. The number of rotatable bonds is 5. The van der Waals surface area contributed by atoms with E-state index in [0.717, 1.165) is 12.8 Å². The zero-order chi connectivity index (χ0) is 15.8. The van der Waals surface area contributed by atoms with Crippen molar-refractivity contribution in [2.45, 2.75) is 25.3 Å². The van der Waals surface area contributed by atoms with Crippen LogP contribution in [0.2, 0.25) is 0 Å². The van der Waals surface area contributed by atoms with E-state index >= 15 is 0 Å². The van der Waals surface area contributed by atoms with Crippen LogP contribution in [0.25, 0.3) is 11.2 Å². The number of carboxylic acids is 1. The summed E-state index contributed by atoms with van der Waals surface area (Å²) in [5.41, 5.74) is 16.1. The number of nitrogens with two attached hydrogens (primary N) is 3. The Kier molecular flexibility index (Phi) is 6.30. The highest BCUT2D eigenvalue weighted by Crippen LogP contribution is 1.98. The Morgan fingerprint density at radius 1 is 1.43 bits per heavy atom. The maximum atomic E-state index is 11.0. The first-order valence-electron chi connectivity index (χ1n) is 6.33. The molecule has 0 aliphatic heterocycles. The van der Waals surface area contributed by atoms with Crippen molar-refractivity contribution < 1.29 is 9.90 Å². The number of carbonyl (C=O) groups is 1. The molecule has 0 unspecified atom stereocenters. The van der Waals surface area contributed by atoms with Gasteiger partial charge in [-0.25, -0.2) is 4.98 Å². The summed E-state index contributed by atoms with van der Waals surface area (Å²) in [6.07, 6.45) is 3.56. The van der Waals surface area contributed by atoms with E-state index in [1.54, 1.807) is 0 Å². The number of aromatic amines is 2. The molecular formula is C11H19N7O3. The van der Waals surface area contributed by atoms with E-state index in [9.17, 15) is 9.59 Å². The largest absolute Gasteiger partial charge is 0.480 e. The Labute approximate surface area is 119 Å². The fraction of sp³-hybridized carbons (Fsp3) is 0.455. The summed E-state index contributed by atoms with van der Waals surface area (Å²) in [7, 11) is 0. The van der Waals surface area contributed by atoms with Crippen LogP contribution >= 0.6 is 0 Å². The van der Waals surface area contributed by atoms with Gasteiger partial charge >= 0.3 is 5.97 Å². The molecule has 2 aromatic heterocycles. The molecule has 10 heteroatoms. The monoisotopic (exact) mass is 297 g/mol. The quantitative estimate of drug-likeness (QED) is 0.369. The third-order valence-electron chi connectivity index (χ3n) is 2.60. The van der Waals surface area contributed by atoms with Gasteiger partial charge in [-0.2, -0.15) is 4.98 Å². The Bertz CT molecular complexity index is 636. The molecule has 2 heterocycles. The molecule has 21 heavy (non-hydrogen) atoms. The number of unbranched alkanes of at least 4 members (excludes halogenated alkanes) is 1.